The van der Waals surface area contributed by atoms with E-state index in [1.807, 2.05) is 40.2 Å². The second kappa shape index (κ2) is 9.66. The molecule has 4 rings (SSSR count). The second-order valence-electron chi connectivity index (χ2n) is 7.45. The number of carbonyl (C=O) groups is 1. The molecule has 160 valence electrons. The van der Waals surface area contributed by atoms with Gasteiger partial charge in [0.25, 0.3) is 5.91 Å². The fourth-order valence-corrected chi connectivity index (χ4v) is 5.37. The Labute approximate surface area is 191 Å². The number of nitrogens with zero attached hydrogens (tertiary/aromatic N) is 4. The number of imidazole rings is 1. The van der Waals surface area contributed by atoms with Crippen LogP contribution in [0.4, 0.5) is 5.13 Å². The molecular formula is C24H26N4OS2. The summed E-state index contributed by atoms with van der Waals surface area (Å²) < 4.78 is 3.19. The summed E-state index contributed by atoms with van der Waals surface area (Å²) in [5.74, 6) is 0.974. The first kappa shape index (κ1) is 21.6. The third kappa shape index (κ3) is 4.83. The molecule has 1 amide bonds. The number of hydrogen-bond donors (Lipinski definition) is 0. The van der Waals surface area contributed by atoms with E-state index in [1.54, 1.807) is 29.3 Å². The molecule has 5 nitrogen and oxygen atoms in total. The van der Waals surface area contributed by atoms with Crippen molar-refractivity contribution in [2.75, 3.05) is 17.2 Å². The molecule has 0 saturated carbocycles. The molecule has 0 bridgehead atoms. The Balaban J connectivity index is 1.67. The van der Waals surface area contributed by atoms with Gasteiger partial charge >= 0.3 is 0 Å². The average Bonchev–Trinajstić information content (AvgIpc) is 3.45. The van der Waals surface area contributed by atoms with Crippen LogP contribution in [0, 0.1) is 13.8 Å². The topological polar surface area (TPSA) is 51.0 Å². The van der Waals surface area contributed by atoms with Crippen LogP contribution in [0.15, 0.2) is 60.0 Å². The molecule has 2 aromatic carbocycles. The molecule has 0 aliphatic heterocycles. The molecule has 0 aliphatic rings. The fourth-order valence-electron chi connectivity index (χ4n) is 3.52. The summed E-state index contributed by atoms with van der Waals surface area (Å²) in [6, 6.07) is 12.1. The normalized spacial score (nSPS) is 11.2. The molecular weight excluding hydrogens is 424 g/mol. The minimum absolute atomic E-state index is 0.00135. The molecule has 0 saturated heterocycles. The number of thiazole rings is 1. The van der Waals surface area contributed by atoms with Crippen LogP contribution in [0.3, 0.4) is 0 Å². The van der Waals surface area contributed by atoms with Crippen LogP contribution < -0.4 is 4.90 Å². The summed E-state index contributed by atoms with van der Waals surface area (Å²) >= 11 is 3.35. The zero-order valence-electron chi connectivity index (χ0n) is 18.0. The highest BCUT2D eigenvalue weighted by atomic mass is 32.2. The average molecular weight is 451 g/mol. The van der Waals surface area contributed by atoms with E-state index in [2.05, 4.69) is 44.0 Å². The molecule has 0 spiro atoms. The first-order valence-electron chi connectivity index (χ1n) is 10.4. The molecule has 0 aliphatic carbocycles. The van der Waals surface area contributed by atoms with E-state index in [1.165, 1.54) is 5.56 Å². The maximum absolute atomic E-state index is 13.6. The Bertz CT molecular complexity index is 1140. The Morgan fingerprint density at radius 2 is 2.03 bits per heavy atom. The lowest BCUT2D eigenvalue weighted by atomic mass is 10.1. The quantitative estimate of drug-likeness (QED) is 0.311. The minimum Gasteiger partial charge on any atom is -0.337 e. The Kier molecular flexibility index (Phi) is 6.73. The van der Waals surface area contributed by atoms with Crippen molar-refractivity contribution in [2.24, 2.45) is 0 Å². The highest BCUT2D eigenvalue weighted by Gasteiger charge is 2.22. The predicted molar refractivity (Wildman–Crippen MR) is 130 cm³/mol. The van der Waals surface area contributed by atoms with Crippen LogP contribution in [0.1, 0.15) is 34.8 Å². The van der Waals surface area contributed by atoms with E-state index >= 15 is 0 Å². The number of carbonyl (C=O) groups excluding carboxylic acids is 1. The summed E-state index contributed by atoms with van der Waals surface area (Å²) in [5.41, 5.74) is 4.02. The third-order valence-corrected chi connectivity index (χ3v) is 7.25. The zero-order chi connectivity index (χ0) is 21.8. The van der Waals surface area contributed by atoms with Crippen molar-refractivity contribution in [3.63, 3.8) is 0 Å². The van der Waals surface area contributed by atoms with E-state index in [4.69, 9.17) is 4.98 Å². The second-order valence-corrected chi connectivity index (χ2v) is 9.76. The molecule has 7 heteroatoms. The van der Waals surface area contributed by atoms with E-state index < -0.39 is 0 Å². The first-order chi connectivity index (χ1) is 15.1. The molecule has 2 heterocycles. The SMILES string of the molecule is CCSc1cccc(C(=O)N(CCCn2ccnc2)c2nc3c(C)ccc(C)c3s2)c1. The van der Waals surface area contributed by atoms with Gasteiger partial charge in [0.15, 0.2) is 5.13 Å². The van der Waals surface area contributed by atoms with Crippen molar-refractivity contribution in [3.05, 3.63) is 71.8 Å². The highest BCUT2D eigenvalue weighted by Crippen LogP contribution is 2.34. The Morgan fingerprint density at radius 3 is 2.77 bits per heavy atom. The summed E-state index contributed by atoms with van der Waals surface area (Å²) in [4.78, 5) is 25.6. The van der Waals surface area contributed by atoms with Gasteiger partial charge in [0.2, 0.25) is 0 Å². The largest absolute Gasteiger partial charge is 0.337 e. The van der Waals surface area contributed by atoms with Crippen molar-refractivity contribution in [2.45, 2.75) is 38.6 Å². The number of amides is 1. The third-order valence-electron chi connectivity index (χ3n) is 5.16. The van der Waals surface area contributed by atoms with E-state index in [0.29, 0.717) is 12.1 Å². The van der Waals surface area contributed by atoms with Gasteiger partial charge in [-0.15, -0.1) is 11.8 Å². The molecule has 0 atom stereocenters. The lowest BCUT2D eigenvalue weighted by molar-refractivity contribution is 0.0986. The molecule has 0 unspecified atom stereocenters. The lowest BCUT2D eigenvalue weighted by Gasteiger charge is -2.20. The minimum atomic E-state index is -0.00135. The Hall–Kier alpha value is -2.64. The van der Waals surface area contributed by atoms with Gasteiger partial charge in [-0.25, -0.2) is 9.97 Å². The van der Waals surface area contributed by atoms with Crippen molar-refractivity contribution in [1.29, 1.82) is 0 Å². The first-order valence-corrected chi connectivity index (χ1v) is 12.2. The maximum Gasteiger partial charge on any atom is 0.260 e. The number of benzene rings is 2. The summed E-state index contributed by atoms with van der Waals surface area (Å²) in [6.45, 7) is 7.69. The highest BCUT2D eigenvalue weighted by molar-refractivity contribution is 7.99. The lowest BCUT2D eigenvalue weighted by Crippen LogP contribution is -2.32. The van der Waals surface area contributed by atoms with Gasteiger partial charge in [0.05, 0.1) is 16.5 Å². The molecule has 31 heavy (non-hydrogen) atoms. The molecule has 4 aromatic rings. The van der Waals surface area contributed by atoms with Gasteiger partial charge in [-0.05, 0) is 55.3 Å². The maximum atomic E-state index is 13.6. The van der Waals surface area contributed by atoms with Gasteiger partial charge in [0.1, 0.15) is 0 Å². The van der Waals surface area contributed by atoms with Crippen LogP contribution >= 0.6 is 23.1 Å². The number of rotatable bonds is 8. The smallest absolute Gasteiger partial charge is 0.260 e. The summed E-state index contributed by atoms with van der Waals surface area (Å²) in [6.07, 6.45) is 6.35. The number of anilines is 1. The van der Waals surface area contributed by atoms with Crippen molar-refractivity contribution in [3.8, 4) is 0 Å². The molecule has 0 N–H and O–H groups in total. The Morgan fingerprint density at radius 1 is 1.19 bits per heavy atom. The van der Waals surface area contributed by atoms with Gasteiger partial charge in [0, 0.05) is 35.9 Å². The summed E-state index contributed by atoms with van der Waals surface area (Å²) in [5, 5.41) is 0.761. The van der Waals surface area contributed by atoms with Crippen LogP contribution in [0.25, 0.3) is 10.2 Å². The van der Waals surface area contributed by atoms with E-state index in [0.717, 1.165) is 44.5 Å². The monoisotopic (exact) mass is 450 g/mol. The molecule has 0 radical (unpaired) electrons. The van der Waals surface area contributed by atoms with Crippen molar-refractivity contribution >= 4 is 44.4 Å². The fraction of sp³-hybridized carbons (Fsp3) is 0.292. The number of fused-ring (bicyclic) bond motifs is 1. The van der Waals surface area contributed by atoms with Gasteiger partial charge in [-0.1, -0.05) is 36.5 Å². The van der Waals surface area contributed by atoms with Gasteiger partial charge in [-0.2, -0.15) is 0 Å². The van der Waals surface area contributed by atoms with Crippen LogP contribution in [0.5, 0.6) is 0 Å². The predicted octanol–water partition coefficient (Wildman–Crippen LogP) is 5.96. The number of hydrogen-bond acceptors (Lipinski definition) is 5. The molecule has 0 fully saturated rings. The number of aromatic nitrogens is 3. The van der Waals surface area contributed by atoms with Crippen LogP contribution in [0.2, 0.25) is 0 Å². The van der Waals surface area contributed by atoms with Gasteiger partial charge < -0.3 is 4.57 Å². The van der Waals surface area contributed by atoms with Crippen LogP contribution in [-0.4, -0.2) is 32.7 Å². The van der Waals surface area contributed by atoms with Crippen LogP contribution in [-0.2, 0) is 6.54 Å². The van der Waals surface area contributed by atoms with Crippen molar-refractivity contribution < 1.29 is 4.79 Å². The van der Waals surface area contributed by atoms with Gasteiger partial charge in [-0.3, -0.25) is 9.69 Å². The van der Waals surface area contributed by atoms with Crippen molar-refractivity contribution in [1.82, 2.24) is 14.5 Å². The standard InChI is InChI=1S/C24H26N4OS2/c1-4-30-20-8-5-7-19(15-20)23(29)28(13-6-12-27-14-11-25-16-27)24-26-21-17(2)9-10-18(3)22(21)31-24/h5,7-11,14-16H,4,6,12-13H2,1-3H3. The zero-order valence-corrected chi connectivity index (χ0v) is 19.7. The summed E-state index contributed by atoms with van der Waals surface area (Å²) in [7, 11) is 0. The molecule has 2 aromatic heterocycles. The van der Waals surface area contributed by atoms with E-state index in [9.17, 15) is 4.79 Å². The number of thioether (sulfide) groups is 1. The van der Waals surface area contributed by atoms with E-state index in [-0.39, 0.29) is 5.91 Å². The number of aryl methyl sites for hydroxylation is 3.